The zero-order valence-electron chi connectivity index (χ0n) is 9.08. The lowest BCUT2D eigenvalue weighted by Gasteiger charge is -2.05. The number of carbonyl (C=O) groups excluding carboxylic acids is 1. The van der Waals surface area contributed by atoms with Crippen molar-refractivity contribution in [3.8, 4) is 0 Å². The van der Waals surface area contributed by atoms with Gasteiger partial charge in [-0.1, -0.05) is 23.2 Å². The van der Waals surface area contributed by atoms with Gasteiger partial charge in [0, 0.05) is 16.8 Å². The monoisotopic (exact) mass is 283 g/mol. The van der Waals surface area contributed by atoms with Crippen LogP contribution in [-0.2, 0) is 0 Å². The quantitative estimate of drug-likeness (QED) is 0.670. The number of benzene rings is 2. The number of nitrogen functional groups attached to an aromatic ring is 1. The first kappa shape index (κ1) is 12.9. The van der Waals surface area contributed by atoms with Crippen LogP contribution in [0, 0.1) is 5.82 Å². The Kier molecular flexibility index (Phi) is 3.55. The molecule has 0 saturated heterocycles. The molecule has 0 heterocycles. The number of anilines is 1. The van der Waals surface area contributed by atoms with E-state index in [0.717, 1.165) is 6.07 Å². The lowest BCUT2D eigenvalue weighted by molar-refractivity contribution is 0.103. The molecule has 0 bridgehead atoms. The maximum Gasteiger partial charge on any atom is 0.194 e. The van der Waals surface area contributed by atoms with E-state index >= 15 is 0 Å². The predicted octanol–water partition coefficient (Wildman–Crippen LogP) is 3.95. The maximum atomic E-state index is 13.0. The average molecular weight is 284 g/mol. The molecule has 0 saturated carbocycles. The first-order valence-electron chi connectivity index (χ1n) is 5.04. The molecule has 0 amide bonds. The predicted molar refractivity (Wildman–Crippen MR) is 70.7 cm³/mol. The van der Waals surface area contributed by atoms with Gasteiger partial charge in [-0.2, -0.15) is 0 Å². The summed E-state index contributed by atoms with van der Waals surface area (Å²) in [6.45, 7) is 0. The van der Waals surface area contributed by atoms with Crippen LogP contribution in [0.1, 0.15) is 15.9 Å². The molecule has 0 radical (unpaired) electrons. The van der Waals surface area contributed by atoms with Crippen LogP contribution in [0.15, 0.2) is 36.4 Å². The number of halogens is 3. The number of hydrogen-bond donors (Lipinski definition) is 1. The molecule has 0 aliphatic carbocycles. The maximum absolute atomic E-state index is 13.0. The van der Waals surface area contributed by atoms with E-state index in [1.54, 1.807) is 6.07 Å². The fourth-order valence-electron chi connectivity index (χ4n) is 1.51. The molecule has 2 aromatic rings. The van der Waals surface area contributed by atoms with Crippen LogP contribution in [0.2, 0.25) is 10.0 Å². The summed E-state index contributed by atoms with van der Waals surface area (Å²) in [5, 5.41) is 0.146. The molecule has 0 aliphatic heterocycles. The van der Waals surface area contributed by atoms with Crippen LogP contribution in [0.25, 0.3) is 0 Å². The molecule has 0 aliphatic rings. The Labute approximate surface area is 113 Å². The van der Waals surface area contributed by atoms with Crippen molar-refractivity contribution in [1.29, 1.82) is 0 Å². The fraction of sp³-hybridized carbons (Fsp3) is 0. The summed E-state index contributed by atoms with van der Waals surface area (Å²) in [5.41, 5.74) is 6.58. The molecular weight excluding hydrogens is 276 g/mol. The van der Waals surface area contributed by atoms with Gasteiger partial charge in [0.25, 0.3) is 0 Å². The highest BCUT2D eigenvalue weighted by atomic mass is 35.5. The summed E-state index contributed by atoms with van der Waals surface area (Å²) in [7, 11) is 0. The fourth-order valence-corrected chi connectivity index (χ4v) is 1.96. The van der Waals surface area contributed by atoms with Gasteiger partial charge in [0.1, 0.15) is 5.82 Å². The van der Waals surface area contributed by atoms with E-state index < -0.39 is 5.82 Å². The van der Waals surface area contributed by atoms with Crippen LogP contribution >= 0.6 is 23.2 Å². The van der Waals surface area contributed by atoms with E-state index in [2.05, 4.69) is 0 Å². The first-order valence-corrected chi connectivity index (χ1v) is 5.79. The van der Waals surface area contributed by atoms with E-state index in [1.165, 1.54) is 24.3 Å². The standard InChI is InChI=1S/C13H8Cl2FNO/c14-10-6-8(17)2-3-9(10)13(18)7-1-4-12(16)11(15)5-7/h1-6H,17H2. The van der Waals surface area contributed by atoms with E-state index in [1.807, 2.05) is 0 Å². The molecule has 0 unspecified atom stereocenters. The molecule has 2 aromatic carbocycles. The third kappa shape index (κ3) is 2.47. The molecule has 0 atom stereocenters. The molecule has 18 heavy (non-hydrogen) atoms. The number of rotatable bonds is 2. The van der Waals surface area contributed by atoms with E-state index in [0.29, 0.717) is 11.3 Å². The molecule has 2 nitrogen and oxygen atoms in total. The van der Waals surface area contributed by atoms with Gasteiger partial charge in [-0.05, 0) is 36.4 Å². The molecule has 5 heteroatoms. The Morgan fingerprint density at radius 3 is 2.39 bits per heavy atom. The van der Waals surface area contributed by atoms with Crippen molar-refractivity contribution in [1.82, 2.24) is 0 Å². The van der Waals surface area contributed by atoms with Gasteiger partial charge >= 0.3 is 0 Å². The van der Waals surface area contributed by atoms with Crippen molar-refractivity contribution >= 4 is 34.7 Å². The molecule has 0 spiro atoms. The van der Waals surface area contributed by atoms with Crippen molar-refractivity contribution in [3.05, 3.63) is 63.4 Å². The van der Waals surface area contributed by atoms with Crippen LogP contribution in [0.5, 0.6) is 0 Å². The Morgan fingerprint density at radius 1 is 1.06 bits per heavy atom. The van der Waals surface area contributed by atoms with Gasteiger partial charge in [-0.3, -0.25) is 4.79 Å². The second kappa shape index (κ2) is 4.96. The molecule has 2 N–H and O–H groups in total. The molecule has 0 fully saturated rings. The minimum absolute atomic E-state index is 0.104. The van der Waals surface area contributed by atoms with Crippen LogP contribution in [0.4, 0.5) is 10.1 Å². The van der Waals surface area contributed by atoms with Crippen molar-refractivity contribution < 1.29 is 9.18 Å². The summed E-state index contributed by atoms with van der Waals surface area (Å²) < 4.78 is 13.0. The SMILES string of the molecule is Nc1ccc(C(=O)c2ccc(F)c(Cl)c2)c(Cl)c1. The topological polar surface area (TPSA) is 43.1 Å². The third-order valence-electron chi connectivity index (χ3n) is 2.42. The van der Waals surface area contributed by atoms with Crippen LogP contribution in [-0.4, -0.2) is 5.78 Å². The zero-order valence-corrected chi connectivity index (χ0v) is 10.6. The van der Waals surface area contributed by atoms with Crippen molar-refractivity contribution in [2.24, 2.45) is 0 Å². The molecule has 0 aromatic heterocycles. The van der Waals surface area contributed by atoms with Gasteiger partial charge in [0.15, 0.2) is 5.78 Å². The van der Waals surface area contributed by atoms with Gasteiger partial charge in [0.2, 0.25) is 0 Å². The number of nitrogens with two attached hydrogens (primary N) is 1. The lowest BCUT2D eigenvalue weighted by Crippen LogP contribution is -2.03. The minimum atomic E-state index is -0.573. The zero-order chi connectivity index (χ0) is 13.3. The van der Waals surface area contributed by atoms with Crippen LogP contribution in [0.3, 0.4) is 0 Å². The highest BCUT2D eigenvalue weighted by molar-refractivity contribution is 6.35. The highest BCUT2D eigenvalue weighted by Gasteiger charge is 2.14. The van der Waals surface area contributed by atoms with Crippen molar-refractivity contribution in [2.75, 3.05) is 5.73 Å². The molecule has 2 rings (SSSR count). The first-order chi connectivity index (χ1) is 8.49. The average Bonchev–Trinajstić information content (AvgIpc) is 2.32. The van der Waals surface area contributed by atoms with E-state index in [9.17, 15) is 9.18 Å². The Balaban J connectivity index is 2.44. The van der Waals surface area contributed by atoms with Gasteiger partial charge in [-0.25, -0.2) is 4.39 Å². The van der Waals surface area contributed by atoms with E-state index in [-0.39, 0.29) is 21.4 Å². The minimum Gasteiger partial charge on any atom is -0.399 e. The van der Waals surface area contributed by atoms with E-state index in [4.69, 9.17) is 28.9 Å². The van der Waals surface area contributed by atoms with Crippen molar-refractivity contribution in [2.45, 2.75) is 0 Å². The van der Waals surface area contributed by atoms with Gasteiger partial charge < -0.3 is 5.73 Å². The Hall–Kier alpha value is -1.58. The van der Waals surface area contributed by atoms with Gasteiger partial charge in [-0.15, -0.1) is 0 Å². The third-order valence-corrected chi connectivity index (χ3v) is 3.02. The normalized spacial score (nSPS) is 10.4. The number of hydrogen-bond acceptors (Lipinski definition) is 2. The Bertz CT molecular complexity index is 628. The van der Waals surface area contributed by atoms with Gasteiger partial charge in [0.05, 0.1) is 10.0 Å². The largest absolute Gasteiger partial charge is 0.399 e. The summed E-state index contributed by atoms with van der Waals surface area (Å²) in [6, 6.07) is 8.35. The Morgan fingerprint density at radius 2 is 1.78 bits per heavy atom. The second-order valence-corrected chi connectivity index (χ2v) is 4.51. The smallest absolute Gasteiger partial charge is 0.194 e. The van der Waals surface area contributed by atoms with Crippen LogP contribution < -0.4 is 5.73 Å². The summed E-state index contributed by atoms with van der Waals surface area (Å²) in [4.78, 5) is 12.1. The summed E-state index contributed by atoms with van der Waals surface area (Å²) in [6.07, 6.45) is 0. The highest BCUT2D eigenvalue weighted by Crippen LogP contribution is 2.24. The molecular formula is C13H8Cl2FNO. The number of carbonyl (C=O) groups is 1. The number of ketones is 1. The summed E-state index contributed by atoms with van der Waals surface area (Å²) in [5.74, 6) is -0.904. The molecule has 92 valence electrons. The second-order valence-electron chi connectivity index (χ2n) is 3.70. The summed E-state index contributed by atoms with van der Waals surface area (Å²) >= 11 is 11.6. The van der Waals surface area contributed by atoms with Crippen molar-refractivity contribution in [3.63, 3.8) is 0 Å². The lowest BCUT2D eigenvalue weighted by atomic mass is 10.0.